The van der Waals surface area contributed by atoms with Gasteiger partial charge >= 0.3 is 0 Å². The zero-order valence-corrected chi connectivity index (χ0v) is 19.0. The van der Waals surface area contributed by atoms with Crippen LogP contribution in [0.5, 0.6) is 5.75 Å². The van der Waals surface area contributed by atoms with Gasteiger partial charge in [0, 0.05) is 24.0 Å². The maximum absolute atomic E-state index is 12.0. The number of aryl methyl sites for hydroxylation is 1. The van der Waals surface area contributed by atoms with Crippen LogP contribution in [0, 0.1) is 6.92 Å². The van der Waals surface area contributed by atoms with Crippen molar-refractivity contribution in [2.45, 2.75) is 51.8 Å². The molecular formula is C22H31NO4S2. The van der Waals surface area contributed by atoms with Gasteiger partial charge in [-0.3, -0.25) is 4.90 Å². The summed E-state index contributed by atoms with van der Waals surface area (Å²) >= 11 is 1.67. The van der Waals surface area contributed by atoms with Gasteiger partial charge in [-0.15, -0.1) is 11.3 Å². The molecule has 0 spiro atoms. The summed E-state index contributed by atoms with van der Waals surface area (Å²) in [6.07, 6.45) is -0.0693. The van der Waals surface area contributed by atoms with Crippen LogP contribution < -0.4 is 4.74 Å². The summed E-state index contributed by atoms with van der Waals surface area (Å²) in [5.41, 5.74) is 2.45. The largest absolute Gasteiger partial charge is 0.491 e. The van der Waals surface area contributed by atoms with Gasteiger partial charge in [-0.1, -0.05) is 26.0 Å². The van der Waals surface area contributed by atoms with Crippen molar-refractivity contribution in [1.82, 2.24) is 4.90 Å². The summed E-state index contributed by atoms with van der Waals surface area (Å²) in [7, 11) is -2.98. The van der Waals surface area contributed by atoms with Gasteiger partial charge in [-0.05, 0) is 54.0 Å². The van der Waals surface area contributed by atoms with E-state index in [9.17, 15) is 13.5 Å². The highest BCUT2D eigenvalue weighted by atomic mass is 32.2. The average Bonchev–Trinajstić information content (AvgIpc) is 3.24. The number of aliphatic hydroxyl groups is 1. The number of sulfone groups is 1. The van der Waals surface area contributed by atoms with Gasteiger partial charge in [0.15, 0.2) is 9.84 Å². The van der Waals surface area contributed by atoms with E-state index in [1.54, 1.807) is 11.3 Å². The SMILES string of the molecule is Cc1ccsc1CN(CC(O)COc1ccc(C(C)C)cc1)C1CCS(=O)(=O)C1. The standard InChI is InChI=1S/C22H31NO4S2/c1-16(2)18-4-6-21(7-5-18)27-14-20(24)12-23(13-22-17(3)8-10-28-22)19-9-11-29(25,26)15-19/h4-8,10,16,19-20,24H,9,11-15H2,1-3H3. The maximum Gasteiger partial charge on any atom is 0.151 e. The Morgan fingerprint density at radius 3 is 2.52 bits per heavy atom. The Morgan fingerprint density at radius 1 is 1.24 bits per heavy atom. The van der Waals surface area contributed by atoms with E-state index in [0.29, 0.717) is 25.4 Å². The van der Waals surface area contributed by atoms with Crippen molar-refractivity contribution >= 4 is 21.2 Å². The minimum Gasteiger partial charge on any atom is -0.491 e. The molecule has 0 amide bonds. The third-order valence-corrected chi connectivity index (χ3v) is 8.23. The van der Waals surface area contributed by atoms with Crippen molar-refractivity contribution in [2.24, 2.45) is 0 Å². The molecule has 7 heteroatoms. The third-order valence-electron chi connectivity index (χ3n) is 5.47. The normalized spacial score (nSPS) is 19.7. The first-order valence-electron chi connectivity index (χ1n) is 10.1. The first-order valence-corrected chi connectivity index (χ1v) is 12.8. The van der Waals surface area contributed by atoms with Crippen molar-refractivity contribution in [3.63, 3.8) is 0 Å². The summed E-state index contributed by atoms with van der Waals surface area (Å²) < 4.78 is 29.7. The second-order valence-electron chi connectivity index (χ2n) is 8.20. The molecule has 2 unspecified atom stereocenters. The van der Waals surface area contributed by atoms with Crippen molar-refractivity contribution in [3.05, 3.63) is 51.7 Å². The van der Waals surface area contributed by atoms with Crippen LogP contribution in [0.3, 0.4) is 0 Å². The lowest BCUT2D eigenvalue weighted by Crippen LogP contribution is -2.42. The molecule has 0 bridgehead atoms. The van der Waals surface area contributed by atoms with E-state index in [2.05, 4.69) is 37.1 Å². The van der Waals surface area contributed by atoms with Crippen LogP contribution in [0.2, 0.25) is 0 Å². The molecule has 2 atom stereocenters. The molecular weight excluding hydrogens is 406 g/mol. The van der Waals surface area contributed by atoms with Crippen LogP contribution in [0.1, 0.15) is 42.2 Å². The van der Waals surface area contributed by atoms with Crippen molar-refractivity contribution in [2.75, 3.05) is 24.7 Å². The Kier molecular flexibility index (Phi) is 7.37. The van der Waals surface area contributed by atoms with Gasteiger partial charge in [0.1, 0.15) is 18.5 Å². The average molecular weight is 438 g/mol. The van der Waals surface area contributed by atoms with Crippen LogP contribution in [0.15, 0.2) is 35.7 Å². The summed E-state index contributed by atoms with van der Waals surface area (Å²) in [5.74, 6) is 1.60. The van der Waals surface area contributed by atoms with Crippen LogP contribution in [-0.4, -0.2) is 55.2 Å². The number of thiophene rings is 1. The molecule has 0 aliphatic carbocycles. The Balaban J connectivity index is 1.61. The molecule has 1 aliphatic rings. The minimum atomic E-state index is -2.98. The summed E-state index contributed by atoms with van der Waals surface area (Å²) in [6.45, 7) is 7.58. The monoisotopic (exact) mass is 437 g/mol. The molecule has 29 heavy (non-hydrogen) atoms. The second-order valence-corrected chi connectivity index (χ2v) is 11.4. The minimum absolute atomic E-state index is 0.0542. The van der Waals surface area contributed by atoms with E-state index in [-0.39, 0.29) is 24.2 Å². The number of aliphatic hydroxyl groups excluding tert-OH is 1. The van der Waals surface area contributed by atoms with Crippen molar-refractivity contribution in [1.29, 1.82) is 0 Å². The lowest BCUT2D eigenvalue weighted by Gasteiger charge is -2.30. The molecule has 1 saturated heterocycles. The lowest BCUT2D eigenvalue weighted by molar-refractivity contribution is 0.0528. The Morgan fingerprint density at radius 2 is 1.97 bits per heavy atom. The molecule has 3 rings (SSSR count). The van der Waals surface area contributed by atoms with E-state index in [1.165, 1.54) is 16.0 Å². The molecule has 1 aromatic heterocycles. The van der Waals surface area contributed by atoms with Gasteiger partial charge < -0.3 is 9.84 Å². The zero-order valence-electron chi connectivity index (χ0n) is 17.4. The maximum atomic E-state index is 12.0. The number of hydrogen-bond donors (Lipinski definition) is 1. The molecule has 5 nitrogen and oxygen atoms in total. The van der Waals surface area contributed by atoms with E-state index in [0.717, 1.165) is 5.75 Å². The molecule has 160 valence electrons. The quantitative estimate of drug-likeness (QED) is 0.649. The fourth-order valence-electron chi connectivity index (χ4n) is 3.62. The smallest absolute Gasteiger partial charge is 0.151 e. The van der Waals surface area contributed by atoms with Crippen LogP contribution in [0.25, 0.3) is 0 Å². The number of ether oxygens (including phenoxy) is 1. The molecule has 1 N–H and O–H groups in total. The Hall–Kier alpha value is -1.41. The fraction of sp³-hybridized carbons (Fsp3) is 0.545. The van der Waals surface area contributed by atoms with E-state index in [1.807, 2.05) is 24.3 Å². The molecule has 0 saturated carbocycles. The highest BCUT2D eigenvalue weighted by molar-refractivity contribution is 7.91. The zero-order chi connectivity index (χ0) is 21.0. The highest BCUT2D eigenvalue weighted by Crippen LogP contribution is 2.24. The van der Waals surface area contributed by atoms with E-state index >= 15 is 0 Å². The fourth-order valence-corrected chi connectivity index (χ4v) is 6.31. The van der Waals surface area contributed by atoms with Gasteiger partial charge in [0.25, 0.3) is 0 Å². The number of rotatable bonds is 9. The first-order chi connectivity index (χ1) is 13.7. The third kappa shape index (κ3) is 6.28. The first kappa shape index (κ1) is 22.3. The molecule has 2 heterocycles. The van der Waals surface area contributed by atoms with Crippen LogP contribution >= 0.6 is 11.3 Å². The highest BCUT2D eigenvalue weighted by Gasteiger charge is 2.33. The van der Waals surface area contributed by atoms with Gasteiger partial charge in [0.05, 0.1) is 11.5 Å². The van der Waals surface area contributed by atoms with Gasteiger partial charge in [-0.25, -0.2) is 8.42 Å². The Labute approximate surface area is 178 Å². The summed E-state index contributed by atoms with van der Waals surface area (Å²) in [4.78, 5) is 3.32. The second kappa shape index (κ2) is 9.60. The van der Waals surface area contributed by atoms with Gasteiger partial charge in [0.2, 0.25) is 0 Å². The van der Waals surface area contributed by atoms with E-state index < -0.39 is 15.9 Å². The topological polar surface area (TPSA) is 66.8 Å². The van der Waals surface area contributed by atoms with Crippen LogP contribution in [-0.2, 0) is 16.4 Å². The summed E-state index contributed by atoms with van der Waals surface area (Å²) in [5, 5.41) is 12.6. The predicted molar refractivity (Wildman–Crippen MR) is 119 cm³/mol. The molecule has 1 aromatic carbocycles. The Bertz CT molecular complexity index is 890. The summed E-state index contributed by atoms with van der Waals surface area (Å²) in [6, 6.07) is 9.96. The molecule has 2 aromatic rings. The molecule has 0 radical (unpaired) electrons. The number of hydrogen-bond acceptors (Lipinski definition) is 6. The predicted octanol–water partition coefficient (Wildman–Crippen LogP) is 3.61. The van der Waals surface area contributed by atoms with Gasteiger partial charge in [-0.2, -0.15) is 0 Å². The molecule has 1 fully saturated rings. The lowest BCUT2D eigenvalue weighted by atomic mass is 10.0. The van der Waals surface area contributed by atoms with E-state index in [4.69, 9.17) is 4.74 Å². The molecule has 1 aliphatic heterocycles. The number of nitrogens with zero attached hydrogens (tertiary/aromatic N) is 1. The number of benzene rings is 1. The van der Waals surface area contributed by atoms with Crippen molar-refractivity contribution in [3.8, 4) is 5.75 Å². The van der Waals surface area contributed by atoms with Crippen molar-refractivity contribution < 1.29 is 18.3 Å². The van der Waals surface area contributed by atoms with Crippen LogP contribution in [0.4, 0.5) is 0 Å².